The summed E-state index contributed by atoms with van der Waals surface area (Å²) in [5.74, 6) is -0.482. The summed E-state index contributed by atoms with van der Waals surface area (Å²) in [5.41, 5.74) is 2.38. The lowest BCUT2D eigenvalue weighted by molar-refractivity contribution is -0.139. The van der Waals surface area contributed by atoms with Gasteiger partial charge in [0.15, 0.2) is 0 Å². The molecule has 4 rings (SSSR count). The molecule has 2 aromatic carbocycles. The van der Waals surface area contributed by atoms with E-state index in [0.717, 1.165) is 5.56 Å². The van der Waals surface area contributed by atoms with E-state index in [4.69, 9.17) is 4.74 Å². The molecule has 0 aliphatic carbocycles. The van der Waals surface area contributed by atoms with Crippen LogP contribution in [0.3, 0.4) is 0 Å². The number of hydrogen-bond donors (Lipinski definition) is 3. The van der Waals surface area contributed by atoms with E-state index in [0.29, 0.717) is 30.0 Å². The highest BCUT2D eigenvalue weighted by molar-refractivity contribution is 5.97. The van der Waals surface area contributed by atoms with E-state index in [-0.39, 0.29) is 17.5 Å². The molecule has 1 fully saturated rings. The predicted molar refractivity (Wildman–Crippen MR) is 105 cm³/mol. The number of H-pyrrole nitrogens is 1. The van der Waals surface area contributed by atoms with Crippen LogP contribution in [0, 0.1) is 6.92 Å². The summed E-state index contributed by atoms with van der Waals surface area (Å²) >= 11 is 0. The maximum Gasteiger partial charge on any atom is 0.349 e. The first-order valence-corrected chi connectivity index (χ1v) is 9.10. The van der Waals surface area contributed by atoms with Crippen LogP contribution in [0.15, 0.2) is 53.3 Å². The van der Waals surface area contributed by atoms with Crippen LogP contribution >= 0.6 is 0 Å². The third-order valence-electron chi connectivity index (χ3n) is 4.51. The molecule has 9 heteroatoms. The Kier molecular flexibility index (Phi) is 4.86. The number of rotatable bonds is 5. The van der Waals surface area contributed by atoms with Gasteiger partial charge in [0.2, 0.25) is 5.95 Å². The van der Waals surface area contributed by atoms with Crippen molar-refractivity contribution in [3.8, 4) is 5.69 Å². The van der Waals surface area contributed by atoms with Gasteiger partial charge in [0, 0.05) is 17.7 Å². The van der Waals surface area contributed by atoms with E-state index in [1.165, 1.54) is 4.68 Å². The second-order valence-electron chi connectivity index (χ2n) is 6.71. The molecule has 1 aliphatic rings. The first kappa shape index (κ1) is 18.5. The fourth-order valence-electron chi connectivity index (χ4n) is 3.03. The number of cyclic esters (lactones) is 1. The Morgan fingerprint density at radius 2 is 2.00 bits per heavy atom. The van der Waals surface area contributed by atoms with Crippen LogP contribution in [0.1, 0.15) is 22.3 Å². The fraction of sp³-hybridized carbons (Fsp3) is 0.200. The largest absolute Gasteiger partial charge is 0.464 e. The monoisotopic (exact) mass is 393 g/mol. The standard InChI is InChI=1S/C20H19N5O4/c1-12-3-2-4-15(11-12)25-20(28)23-19(24-25)21-14-7-5-13(6-8-14)17(26)22-16-9-10-29-18(16)27/h2-8,11,16H,9-10H2,1H3,(H,22,26)(H2,21,23,24,28). The van der Waals surface area contributed by atoms with Gasteiger partial charge >= 0.3 is 11.7 Å². The quantitative estimate of drug-likeness (QED) is 0.568. The minimum atomic E-state index is -0.601. The summed E-state index contributed by atoms with van der Waals surface area (Å²) in [7, 11) is 0. The third-order valence-corrected chi connectivity index (χ3v) is 4.51. The average molecular weight is 393 g/mol. The number of aryl methyl sites for hydroxylation is 1. The van der Waals surface area contributed by atoms with Crippen molar-refractivity contribution in [3.05, 3.63) is 70.1 Å². The summed E-state index contributed by atoms with van der Waals surface area (Å²) < 4.78 is 6.11. The number of ether oxygens (including phenoxy) is 1. The molecule has 3 N–H and O–H groups in total. The fourth-order valence-corrected chi connectivity index (χ4v) is 3.03. The Bertz CT molecular complexity index is 1120. The van der Waals surface area contributed by atoms with E-state index in [1.807, 2.05) is 25.1 Å². The number of amides is 1. The second-order valence-corrected chi connectivity index (χ2v) is 6.71. The smallest absolute Gasteiger partial charge is 0.349 e. The van der Waals surface area contributed by atoms with Crippen LogP contribution in [-0.2, 0) is 9.53 Å². The molecule has 2 heterocycles. The van der Waals surface area contributed by atoms with Crippen LogP contribution < -0.4 is 16.3 Å². The van der Waals surface area contributed by atoms with Gasteiger partial charge in [-0.1, -0.05) is 12.1 Å². The number of nitrogens with zero attached hydrogens (tertiary/aromatic N) is 2. The molecule has 0 spiro atoms. The van der Waals surface area contributed by atoms with Crippen molar-refractivity contribution in [2.45, 2.75) is 19.4 Å². The zero-order chi connectivity index (χ0) is 20.4. The highest BCUT2D eigenvalue weighted by Gasteiger charge is 2.28. The summed E-state index contributed by atoms with van der Waals surface area (Å²) in [6, 6.07) is 13.5. The van der Waals surface area contributed by atoms with Gasteiger partial charge in [0.1, 0.15) is 6.04 Å². The van der Waals surface area contributed by atoms with Crippen LogP contribution in [0.4, 0.5) is 11.6 Å². The van der Waals surface area contributed by atoms with Gasteiger partial charge in [0.25, 0.3) is 5.91 Å². The van der Waals surface area contributed by atoms with Crippen LogP contribution in [0.2, 0.25) is 0 Å². The van der Waals surface area contributed by atoms with Crippen molar-refractivity contribution in [2.24, 2.45) is 0 Å². The van der Waals surface area contributed by atoms with Gasteiger partial charge < -0.3 is 15.4 Å². The summed E-state index contributed by atoms with van der Waals surface area (Å²) in [6.45, 7) is 2.26. The lowest BCUT2D eigenvalue weighted by Crippen LogP contribution is -2.37. The molecule has 148 valence electrons. The first-order valence-electron chi connectivity index (χ1n) is 9.10. The summed E-state index contributed by atoms with van der Waals surface area (Å²) in [4.78, 5) is 38.6. The van der Waals surface area contributed by atoms with Gasteiger partial charge in [-0.25, -0.2) is 9.59 Å². The zero-order valence-corrected chi connectivity index (χ0v) is 15.6. The number of aromatic nitrogens is 3. The predicted octanol–water partition coefficient (Wildman–Crippen LogP) is 1.66. The molecule has 3 aromatic rings. The molecule has 0 radical (unpaired) electrons. The van der Waals surface area contributed by atoms with Crippen molar-refractivity contribution in [3.63, 3.8) is 0 Å². The number of benzene rings is 2. The summed E-state index contributed by atoms with van der Waals surface area (Å²) in [5, 5.41) is 9.91. The maximum atomic E-state index is 12.2. The second kappa shape index (κ2) is 7.63. The Morgan fingerprint density at radius 3 is 2.69 bits per heavy atom. The van der Waals surface area contributed by atoms with Crippen molar-refractivity contribution in [2.75, 3.05) is 11.9 Å². The molecule has 29 heavy (non-hydrogen) atoms. The number of esters is 1. The number of aromatic amines is 1. The Labute approximate surface area is 165 Å². The number of carbonyl (C=O) groups excluding carboxylic acids is 2. The average Bonchev–Trinajstić information content (AvgIpc) is 3.27. The van der Waals surface area contributed by atoms with Crippen molar-refractivity contribution < 1.29 is 14.3 Å². The SMILES string of the molecule is Cc1cccc(-n2nc(Nc3ccc(C(=O)NC4CCOC4=O)cc3)[nH]c2=O)c1. The van der Waals surface area contributed by atoms with Crippen molar-refractivity contribution in [1.29, 1.82) is 0 Å². The van der Waals surface area contributed by atoms with E-state index in [2.05, 4.69) is 20.7 Å². The van der Waals surface area contributed by atoms with Crippen molar-refractivity contribution in [1.82, 2.24) is 20.1 Å². The molecular weight excluding hydrogens is 374 g/mol. The molecule has 1 amide bonds. The maximum absolute atomic E-state index is 12.2. The molecule has 1 saturated heterocycles. The van der Waals surface area contributed by atoms with E-state index < -0.39 is 12.0 Å². The van der Waals surface area contributed by atoms with Crippen LogP contribution in [-0.4, -0.2) is 39.3 Å². The molecule has 1 aliphatic heterocycles. The van der Waals surface area contributed by atoms with E-state index in [1.54, 1.807) is 30.3 Å². The topological polar surface area (TPSA) is 118 Å². The number of carbonyl (C=O) groups is 2. The van der Waals surface area contributed by atoms with Gasteiger partial charge in [-0.3, -0.25) is 9.78 Å². The number of anilines is 2. The molecule has 0 bridgehead atoms. The van der Waals surface area contributed by atoms with Crippen LogP contribution in [0.25, 0.3) is 5.69 Å². The molecule has 1 aromatic heterocycles. The van der Waals surface area contributed by atoms with Crippen molar-refractivity contribution >= 4 is 23.5 Å². The Morgan fingerprint density at radius 1 is 1.21 bits per heavy atom. The first-order chi connectivity index (χ1) is 14.0. The number of hydrogen-bond acceptors (Lipinski definition) is 6. The minimum absolute atomic E-state index is 0.280. The molecule has 1 atom stereocenters. The molecular formula is C20H19N5O4. The Balaban J connectivity index is 1.45. The van der Waals surface area contributed by atoms with Crippen LogP contribution in [0.5, 0.6) is 0 Å². The highest BCUT2D eigenvalue weighted by atomic mass is 16.5. The lowest BCUT2D eigenvalue weighted by atomic mass is 10.1. The van der Waals surface area contributed by atoms with E-state index in [9.17, 15) is 14.4 Å². The molecule has 0 saturated carbocycles. The van der Waals surface area contributed by atoms with Gasteiger partial charge in [-0.15, -0.1) is 5.10 Å². The molecule has 1 unspecified atom stereocenters. The van der Waals surface area contributed by atoms with Gasteiger partial charge in [-0.05, 0) is 48.9 Å². The normalized spacial score (nSPS) is 15.8. The highest BCUT2D eigenvalue weighted by Crippen LogP contribution is 2.15. The lowest BCUT2D eigenvalue weighted by Gasteiger charge is -2.09. The number of nitrogens with one attached hydrogen (secondary N) is 3. The molecule has 9 nitrogen and oxygen atoms in total. The van der Waals surface area contributed by atoms with E-state index >= 15 is 0 Å². The summed E-state index contributed by atoms with van der Waals surface area (Å²) in [6.07, 6.45) is 0.473. The van der Waals surface area contributed by atoms with Gasteiger partial charge in [-0.2, -0.15) is 4.68 Å². The third kappa shape index (κ3) is 4.03. The van der Waals surface area contributed by atoms with Gasteiger partial charge in [0.05, 0.1) is 12.3 Å². The minimum Gasteiger partial charge on any atom is -0.464 e. The Hall–Kier alpha value is -3.88. The zero-order valence-electron chi connectivity index (χ0n) is 15.6.